The summed E-state index contributed by atoms with van der Waals surface area (Å²) in [4.78, 5) is 16.3. The van der Waals surface area contributed by atoms with Gasteiger partial charge < -0.3 is 4.74 Å². The number of ether oxygens (including phenoxy) is 1. The second-order valence-electron chi connectivity index (χ2n) is 8.75. The van der Waals surface area contributed by atoms with Crippen molar-refractivity contribution in [3.63, 3.8) is 0 Å². The van der Waals surface area contributed by atoms with Gasteiger partial charge in [-0.2, -0.15) is 18.3 Å². The Kier molecular flexibility index (Phi) is 7.34. The highest BCUT2D eigenvalue weighted by Gasteiger charge is 2.30. The predicted octanol–water partition coefficient (Wildman–Crippen LogP) is 8.32. The molecule has 198 valence electrons. The molecule has 0 spiro atoms. The Balaban J connectivity index is 1.56. The number of alkyl halides is 3. The third-order valence-electron chi connectivity index (χ3n) is 6.10. The number of hydrogen-bond acceptors (Lipinski definition) is 4. The van der Waals surface area contributed by atoms with Gasteiger partial charge in [0.25, 0.3) is 0 Å². The van der Waals surface area contributed by atoms with E-state index in [1.54, 1.807) is 48.0 Å². The number of nitrogens with zero attached hydrogens (tertiary/aromatic N) is 3. The van der Waals surface area contributed by atoms with E-state index in [2.05, 4.69) is 4.98 Å². The van der Waals surface area contributed by atoms with Gasteiger partial charge in [-0.25, -0.2) is 4.79 Å². The molecule has 2 heterocycles. The largest absolute Gasteiger partial charge is 0.462 e. The van der Waals surface area contributed by atoms with E-state index in [1.165, 1.54) is 12.3 Å². The first kappa shape index (κ1) is 26.7. The van der Waals surface area contributed by atoms with Crippen LogP contribution in [0.4, 0.5) is 13.2 Å². The lowest BCUT2D eigenvalue weighted by Crippen LogP contribution is -2.07. The first-order chi connectivity index (χ1) is 18.6. The van der Waals surface area contributed by atoms with E-state index in [9.17, 15) is 18.0 Å². The SMILES string of the molecule is CCOC(=O)c1ccc(Cn2nc(-c3ccc(Cl)c(Cl)c3)cc2-c2cnc3cc(C(F)(F)F)ccc3c2)cc1. The molecule has 0 atom stereocenters. The Morgan fingerprint density at radius 1 is 0.923 bits per heavy atom. The molecule has 5 nitrogen and oxygen atoms in total. The van der Waals surface area contributed by atoms with Gasteiger partial charge in [0.15, 0.2) is 0 Å². The summed E-state index contributed by atoms with van der Waals surface area (Å²) in [5, 5.41) is 6.14. The summed E-state index contributed by atoms with van der Waals surface area (Å²) >= 11 is 12.3. The van der Waals surface area contributed by atoms with Crippen LogP contribution in [0.5, 0.6) is 0 Å². The van der Waals surface area contributed by atoms with Crippen LogP contribution in [0.2, 0.25) is 10.0 Å². The van der Waals surface area contributed by atoms with Gasteiger partial charge in [0, 0.05) is 22.7 Å². The topological polar surface area (TPSA) is 57.0 Å². The smallest absolute Gasteiger partial charge is 0.416 e. The van der Waals surface area contributed by atoms with E-state index in [-0.39, 0.29) is 12.1 Å². The highest BCUT2D eigenvalue weighted by atomic mass is 35.5. The monoisotopic (exact) mass is 569 g/mol. The van der Waals surface area contributed by atoms with Gasteiger partial charge >= 0.3 is 12.1 Å². The van der Waals surface area contributed by atoms with E-state index < -0.39 is 17.7 Å². The molecule has 0 fully saturated rings. The Bertz CT molecular complexity index is 1680. The van der Waals surface area contributed by atoms with Crippen LogP contribution in [-0.2, 0) is 17.5 Å². The van der Waals surface area contributed by atoms with Crippen LogP contribution in [0.15, 0.2) is 79.0 Å². The molecule has 0 saturated heterocycles. The fourth-order valence-electron chi connectivity index (χ4n) is 4.14. The highest BCUT2D eigenvalue weighted by molar-refractivity contribution is 6.42. The number of esters is 1. The standard InChI is InChI=1S/C29H20Cl2F3N3O2/c1-2-39-28(38)18-5-3-17(4-6-18)16-37-27(14-26(36-37)20-8-10-23(30)24(31)12-20)21-11-19-7-9-22(29(32,33)34)13-25(19)35-15-21/h3-15H,2,16H2,1H3. The van der Waals surface area contributed by atoms with Crippen molar-refractivity contribution in [1.29, 1.82) is 0 Å². The molecular formula is C29H20Cl2F3N3O2. The van der Waals surface area contributed by atoms with E-state index in [0.29, 0.717) is 44.5 Å². The first-order valence-electron chi connectivity index (χ1n) is 11.9. The van der Waals surface area contributed by atoms with E-state index in [1.807, 2.05) is 18.2 Å². The van der Waals surface area contributed by atoms with Crippen molar-refractivity contribution < 1.29 is 22.7 Å². The van der Waals surface area contributed by atoms with Crippen molar-refractivity contribution in [3.8, 4) is 22.5 Å². The molecular weight excluding hydrogens is 550 g/mol. The third-order valence-corrected chi connectivity index (χ3v) is 6.84. The molecule has 10 heteroatoms. The average molecular weight is 570 g/mol. The summed E-state index contributed by atoms with van der Waals surface area (Å²) in [6.45, 7) is 2.38. The number of halogens is 5. The lowest BCUT2D eigenvalue weighted by molar-refractivity contribution is -0.137. The molecule has 0 aliphatic carbocycles. The number of hydrogen-bond donors (Lipinski definition) is 0. The maximum atomic E-state index is 13.2. The van der Waals surface area contributed by atoms with Crippen molar-refractivity contribution >= 4 is 40.1 Å². The average Bonchev–Trinajstić information content (AvgIpc) is 3.33. The number of pyridine rings is 1. The van der Waals surface area contributed by atoms with E-state index >= 15 is 0 Å². The molecule has 0 radical (unpaired) electrons. The Hall–Kier alpha value is -3.88. The third kappa shape index (κ3) is 5.77. The molecule has 3 aromatic carbocycles. The van der Waals surface area contributed by atoms with Crippen molar-refractivity contribution in [1.82, 2.24) is 14.8 Å². The van der Waals surface area contributed by atoms with E-state index in [4.69, 9.17) is 33.0 Å². The van der Waals surface area contributed by atoms with Gasteiger partial charge in [0.05, 0.1) is 51.2 Å². The molecule has 0 bridgehead atoms. The molecule has 0 amide bonds. The maximum Gasteiger partial charge on any atom is 0.416 e. The van der Waals surface area contributed by atoms with Crippen LogP contribution in [0.25, 0.3) is 33.4 Å². The van der Waals surface area contributed by atoms with Gasteiger partial charge in [0.2, 0.25) is 0 Å². The van der Waals surface area contributed by atoms with Crippen LogP contribution >= 0.6 is 23.2 Å². The van der Waals surface area contributed by atoms with Gasteiger partial charge in [-0.05, 0) is 61.0 Å². The molecule has 0 saturated carbocycles. The Morgan fingerprint density at radius 2 is 1.69 bits per heavy atom. The summed E-state index contributed by atoms with van der Waals surface area (Å²) in [5.41, 5.74) is 3.52. The second kappa shape index (κ2) is 10.7. The van der Waals surface area contributed by atoms with Crippen LogP contribution in [-0.4, -0.2) is 27.3 Å². The zero-order valence-electron chi connectivity index (χ0n) is 20.5. The summed E-state index contributed by atoms with van der Waals surface area (Å²) in [6, 6.07) is 19.3. The van der Waals surface area contributed by atoms with Gasteiger partial charge in [-0.3, -0.25) is 9.67 Å². The Labute approximate surface area is 231 Å². The number of benzene rings is 3. The van der Waals surface area contributed by atoms with Gasteiger partial charge in [0.1, 0.15) is 0 Å². The molecule has 39 heavy (non-hydrogen) atoms. The molecule has 0 N–H and O–H groups in total. The zero-order chi connectivity index (χ0) is 27.7. The fraction of sp³-hybridized carbons (Fsp3) is 0.138. The van der Waals surface area contributed by atoms with Crippen molar-refractivity contribution in [2.45, 2.75) is 19.6 Å². The van der Waals surface area contributed by atoms with Crippen molar-refractivity contribution in [2.24, 2.45) is 0 Å². The number of fused-ring (bicyclic) bond motifs is 1. The van der Waals surface area contributed by atoms with Crippen LogP contribution in [0.3, 0.4) is 0 Å². The quantitative estimate of drug-likeness (QED) is 0.193. The lowest BCUT2D eigenvalue weighted by Gasteiger charge is -2.10. The van der Waals surface area contributed by atoms with Gasteiger partial charge in [-0.1, -0.05) is 47.5 Å². The predicted molar refractivity (Wildman–Crippen MR) is 145 cm³/mol. The molecule has 5 aromatic rings. The zero-order valence-corrected chi connectivity index (χ0v) is 22.0. The first-order valence-corrected chi connectivity index (χ1v) is 12.6. The summed E-state index contributed by atoms with van der Waals surface area (Å²) in [7, 11) is 0. The van der Waals surface area contributed by atoms with Crippen LogP contribution in [0.1, 0.15) is 28.4 Å². The molecule has 5 rings (SSSR count). The van der Waals surface area contributed by atoms with Crippen molar-refractivity contribution in [2.75, 3.05) is 6.61 Å². The van der Waals surface area contributed by atoms with E-state index in [0.717, 1.165) is 23.3 Å². The van der Waals surface area contributed by atoms with Crippen LogP contribution < -0.4 is 0 Å². The lowest BCUT2D eigenvalue weighted by atomic mass is 10.1. The molecule has 0 aliphatic heterocycles. The molecule has 0 aliphatic rings. The number of carbonyl (C=O) groups excluding carboxylic acids is 1. The molecule has 2 aromatic heterocycles. The summed E-state index contributed by atoms with van der Waals surface area (Å²) < 4.78 is 46.3. The number of carbonyl (C=O) groups is 1. The Morgan fingerprint density at radius 3 is 2.38 bits per heavy atom. The maximum absolute atomic E-state index is 13.2. The minimum atomic E-state index is -4.45. The minimum Gasteiger partial charge on any atom is -0.462 e. The second-order valence-corrected chi connectivity index (χ2v) is 9.56. The van der Waals surface area contributed by atoms with Gasteiger partial charge in [-0.15, -0.1) is 0 Å². The fourth-order valence-corrected chi connectivity index (χ4v) is 4.44. The van der Waals surface area contributed by atoms with Crippen LogP contribution in [0, 0.1) is 0 Å². The summed E-state index contributed by atoms with van der Waals surface area (Å²) in [5.74, 6) is -0.401. The number of rotatable bonds is 6. The summed E-state index contributed by atoms with van der Waals surface area (Å²) in [6.07, 6.45) is -2.93. The normalized spacial score (nSPS) is 11.6. The molecule has 0 unspecified atom stereocenters. The number of aromatic nitrogens is 3. The van der Waals surface area contributed by atoms with Crippen molar-refractivity contribution in [3.05, 3.63) is 106 Å². The highest BCUT2D eigenvalue weighted by Crippen LogP contribution is 2.34. The minimum absolute atomic E-state index is 0.235.